The van der Waals surface area contributed by atoms with Crippen LogP contribution in [0, 0.1) is 0 Å². The summed E-state index contributed by atoms with van der Waals surface area (Å²) in [5.41, 5.74) is 0. The summed E-state index contributed by atoms with van der Waals surface area (Å²) in [6.45, 7) is 4.22. The molecule has 58 valence electrons. The van der Waals surface area contributed by atoms with Gasteiger partial charge < -0.3 is 4.52 Å². The average Bonchev–Trinajstić information content (AvgIpc) is 2.41. The molecule has 0 aliphatic carbocycles. The highest BCUT2D eigenvalue weighted by Gasteiger charge is 2.11. The normalized spacial score (nSPS) is 11.5. The molecule has 2 aromatic rings. The van der Waals surface area contributed by atoms with E-state index in [1.807, 2.05) is 5.38 Å². The zero-order valence-corrected chi connectivity index (χ0v) is 7.31. The predicted octanol–water partition coefficient (Wildman–Crippen LogP) is 3.01. The minimum Gasteiger partial charge on any atom is -0.359 e. The Hall–Kier alpha value is -0.830. The van der Waals surface area contributed by atoms with Gasteiger partial charge >= 0.3 is 0 Å². The van der Waals surface area contributed by atoms with E-state index in [0.29, 0.717) is 5.92 Å². The van der Waals surface area contributed by atoms with Crippen molar-refractivity contribution in [3.8, 4) is 0 Å². The highest BCUT2D eigenvalue weighted by Crippen LogP contribution is 2.28. The monoisotopic (exact) mass is 167 g/mol. The second-order valence-electron chi connectivity index (χ2n) is 2.84. The fourth-order valence-electron chi connectivity index (χ4n) is 1.12. The van der Waals surface area contributed by atoms with Gasteiger partial charge in [-0.15, -0.1) is 11.3 Å². The lowest BCUT2D eigenvalue weighted by Crippen LogP contribution is -1.81. The first-order chi connectivity index (χ1) is 5.29. The molecule has 0 aromatic carbocycles. The van der Waals surface area contributed by atoms with Crippen molar-refractivity contribution in [1.82, 2.24) is 5.16 Å². The number of fused-ring (bicyclic) bond motifs is 1. The molecule has 2 aromatic heterocycles. The van der Waals surface area contributed by atoms with E-state index < -0.39 is 0 Å². The second kappa shape index (κ2) is 2.34. The summed E-state index contributed by atoms with van der Waals surface area (Å²) in [5.74, 6) is 1.43. The largest absolute Gasteiger partial charge is 0.359 e. The third-order valence-corrected chi connectivity index (χ3v) is 2.45. The van der Waals surface area contributed by atoms with Gasteiger partial charge in [0, 0.05) is 5.92 Å². The molecule has 0 aliphatic rings. The molecule has 0 radical (unpaired) electrons. The van der Waals surface area contributed by atoms with Gasteiger partial charge in [-0.25, -0.2) is 0 Å². The number of rotatable bonds is 1. The van der Waals surface area contributed by atoms with Crippen LogP contribution >= 0.6 is 11.3 Å². The predicted molar refractivity (Wildman–Crippen MR) is 46.0 cm³/mol. The minimum absolute atomic E-state index is 0.426. The standard InChI is InChI=1S/C8H9NOS/c1-5(2)7-6-3-4-11-8(6)9-10-7/h3-5H,1-2H3. The molecule has 2 nitrogen and oxygen atoms in total. The maximum Gasteiger partial charge on any atom is 0.166 e. The van der Waals surface area contributed by atoms with Crippen molar-refractivity contribution in [2.75, 3.05) is 0 Å². The van der Waals surface area contributed by atoms with E-state index in [0.717, 1.165) is 10.6 Å². The Morgan fingerprint density at radius 3 is 3.09 bits per heavy atom. The highest BCUT2D eigenvalue weighted by atomic mass is 32.1. The Morgan fingerprint density at radius 1 is 1.55 bits per heavy atom. The van der Waals surface area contributed by atoms with Crippen LogP contribution < -0.4 is 0 Å². The van der Waals surface area contributed by atoms with Gasteiger partial charge in [0.15, 0.2) is 4.83 Å². The molecule has 0 fully saturated rings. The summed E-state index contributed by atoms with van der Waals surface area (Å²) >= 11 is 1.62. The lowest BCUT2D eigenvalue weighted by atomic mass is 10.1. The van der Waals surface area contributed by atoms with E-state index in [1.165, 1.54) is 5.39 Å². The molecule has 0 bridgehead atoms. The molecule has 2 heterocycles. The van der Waals surface area contributed by atoms with Crippen molar-refractivity contribution in [2.45, 2.75) is 19.8 Å². The van der Waals surface area contributed by atoms with E-state index in [4.69, 9.17) is 4.52 Å². The third kappa shape index (κ3) is 0.959. The van der Waals surface area contributed by atoms with Crippen LogP contribution in [0.15, 0.2) is 16.0 Å². The number of nitrogens with zero attached hydrogens (tertiary/aromatic N) is 1. The number of hydrogen-bond donors (Lipinski definition) is 0. The summed E-state index contributed by atoms with van der Waals surface area (Å²) in [4.78, 5) is 1.01. The third-order valence-electron chi connectivity index (χ3n) is 1.66. The van der Waals surface area contributed by atoms with Gasteiger partial charge in [0.2, 0.25) is 0 Å². The maximum absolute atomic E-state index is 5.18. The van der Waals surface area contributed by atoms with E-state index in [1.54, 1.807) is 11.3 Å². The van der Waals surface area contributed by atoms with Crippen molar-refractivity contribution in [3.05, 3.63) is 17.2 Å². The molecule has 0 atom stereocenters. The molecule has 0 spiro atoms. The lowest BCUT2D eigenvalue weighted by molar-refractivity contribution is 0.379. The molecule has 2 rings (SSSR count). The van der Waals surface area contributed by atoms with E-state index in [2.05, 4.69) is 25.1 Å². The van der Waals surface area contributed by atoms with E-state index >= 15 is 0 Å². The van der Waals surface area contributed by atoms with Gasteiger partial charge in [-0.05, 0) is 11.4 Å². The van der Waals surface area contributed by atoms with Crippen LogP contribution in [0.25, 0.3) is 10.2 Å². The van der Waals surface area contributed by atoms with Crippen molar-refractivity contribution in [3.63, 3.8) is 0 Å². The van der Waals surface area contributed by atoms with Gasteiger partial charge in [0.25, 0.3) is 0 Å². The first-order valence-corrected chi connectivity index (χ1v) is 4.50. The smallest absolute Gasteiger partial charge is 0.166 e. The molecule has 3 heteroatoms. The van der Waals surface area contributed by atoms with Crippen LogP contribution in [-0.2, 0) is 0 Å². The fourth-order valence-corrected chi connectivity index (χ4v) is 1.82. The molecular weight excluding hydrogens is 158 g/mol. The summed E-state index contributed by atoms with van der Waals surface area (Å²) in [6.07, 6.45) is 0. The molecular formula is C8H9NOS. The fraction of sp³-hybridized carbons (Fsp3) is 0.375. The van der Waals surface area contributed by atoms with Gasteiger partial charge in [-0.1, -0.05) is 19.0 Å². The number of aromatic nitrogens is 1. The van der Waals surface area contributed by atoms with Crippen molar-refractivity contribution in [1.29, 1.82) is 0 Å². The second-order valence-corrected chi connectivity index (χ2v) is 3.74. The molecule has 0 unspecified atom stereocenters. The molecule has 11 heavy (non-hydrogen) atoms. The Kier molecular flexibility index (Phi) is 1.46. The Balaban J connectivity index is 2.68. The lowest BCUT2D eigenvalue weighted by Gasteiger charge is -1.95. The first kappa shape index (κ1) is 6.85. The van der Waals surface area contributed by atoms with Gasteiger partial charge in [0.1, 0.15) is 5.76 Å². The van der Waals surface area contributed by atoms with Crippen LogP contribution in [0.1, 0.15) is 25.5 Å². The summed E-state index contributed by atoms with van der Waals surface area (Å²) in [6, 6.07) is 2.06. The zero-order valence-electron chi connectivity index (χ0n) is 6.50. The molecule has 0 saturated heterocycles. The van der Waals surface area contributed by atoms with Crippen molar-refractivity contribution >= 4 is 21.6 Å². The molecule has 0 aliphatic heterocycles. The minimum atomic E-state index is 0.426. The van der Waals surface area contributed by atoms with Crippen molar-refractivity contribution in [2.24, 2.45) is 0 Å². The number of hydrogen-bond acceptors (Lipinski definition) is 3. The molecule has 0 amide bonds. The van der Waals surface area contributed by atoms with E-state index in [9.17, 15) is 0 Å². The van der Waals surface area contributed by atoms with Gasteiger partial charge in [0.05, 0.1) is 5.39 Å². The van der Waals surface area contributed by atoms with Crippen LogP contribution in [0.2, 0.25) is 0 Å². The first-order valence-electron chi connectivity index (χ1n) is 3.62. The SMILES string of the molecule is CC(C)c1onc2sccc12. The summed E-state index contributed by atoms with van der Waals surface area (Å²) < 4.78 is 5.18. The van der Waals surface area contributed by atoms with Crippen LogP contribution in [0.5, 0.6) is 0 Å². The average molecular weight is 167 g/mol. The Morgan fingerprint density at radius 2 is 2.36 bits per heavy atom. The summed E-state index contributed by atoms with van der Waals surface area (Å²) in [5, 5.41) is 7.16. The van der Waals surface area contributed by atoms with Gasteiger partial charge in [-0.2, -0.15) is 0 Å². The highest BCUT2D eigenvalue weighted by molar-refractivity contribution is 7.16. The molecule has 0 saturated carbocycles. The number of thiophene rings is 1. The topological polar surface area (TPSA) is 26.0 Å². The zero-order chi connectivity index (χ0) is 7.84. The van der Waals surface area contributed by atoms with Gasteiger partial charge in [-0.3, -0.25) is 0 Å². The van der Waals surface area contributed by atoms with Crippen molar-refractivity contribution < 1.29 is 4.52 Å². The quantitative estimate of drug-likeness (QED) is 0.652. The molecule has 0 N–H and O–H groups in total. The summed E-state index contributed by atoms with van der Waals surface area (Å²) in [7, 11) is 0. The van der Waals surface area contributed by atoms with E-state index in [-0.39, 0.29) is 0 Å². The van der Waals surface area contributed by atoms with Crippen LogP contribution in [-0.4, -0.2) is 5.16 Å². The Bertz CT molecular complexity index is 361. The maximum atomic E-state index is 5.18. The Labute approximate surface area is 68.8 Å². The van der Waals surface area contributed by atoms with Crippen LogP contribution in [0.3, 0.4) is 0 Å². The van der Waals surface area contributed by atoms with Crippen LogP contribution in [0.4, 0.5) is 0 Å².